The largest absolute Gasteiger partial charge is 0.462 e. The van der Waals surface area contributed by atoms with Crippen LogP contribution in [-0.4, -0.2) is 36.0 Å². The number of carbonyl (C=O) groups excluding carboxylic acids is 1. The summed E-state index contributed by atoms with van der Waals surface area (Å²) < 4.78 is 11.1. The molecule has 0 amide bonds. The average molecular weight is 228 g/mol. The molecule has 0 aromatic rings. The van der Waals surface area contributed by atoms with E-state index in [0.717, 1.165) is 6.42 Å². The zero-order valence-corrected chi connectivity index (χ0v) is 10.2. The molecule has 2 aliphatic rings. The first kappa shape index (κ1) is 11.9. The van der Waals surface area contributed by atoms with Crippen molar-refractivity contribution in [3.8, 4) is 0 Å². The third-order valence-electron chi connectivity index (χ3n) is 4.15. The number of aliphatic hydroxyl groups excluding tert-OH is 1. The lowest BCUT2D eigenvalue weighted by Gasteiger charge is -2.44. The van der Waals surface area contributed by atoms with Gasteiger partial charge in [-0.1, -0.05) is 6.92 Å². The van der Waals surface area contributed by atoms with Crippen LogP contribution in [-0.2, 0) is 14.3 Å². The maximum atomic E-state index is 11.0. The second-order valence-electron chi connectivity index (χ2n) is 5.63. The van der Waals surface area contributed by atoms with Gasteiger partial charge in [0.25, 0.3) is 0 Å². The minimum atomic E-state index is -0.345. The third kappa shape index (κ3) is 1.74. The van der Waals surface area contributed by atoms with Crippen LogP contribution < -0.4 is 0 Å². The number of ether oxygens (including phenoxy) is 2. The average Bonchev–Trinajstić information content (AvgIpc) is 2.28. The van der Waals surface area contributed by atoms with E-state index in [-0.39, 0.29) is 35.6 Å². The summed E-state index contributed by atoms with van der Waals surface area (Å²) in [7, 11) is 0. The van der Waals surface area contributed by atoms with E-state index in [0.29, 0.717) is 13.0 Å². The zero-order chi connectivity index (χ0) is 12.0. The first-order valence-electron chi connectivity index (χ1n) is 5.82. The van der Waals surface area contributed by atoms with E-state index in [9.17, 15) is 9.90 Å². The van der Waals surface area contributed by atoms with Gasteiger partial charge in [0.15, 0.2) is 0 Å². The molecule has 2 fully saturated rings. The summed E-state index contributed by atoms with van der Waals surface area (Å²) in [6.07, 6.45) is 1.40. The van der Waals surface area contributed by atoms with Gasteiger partial charge in [-0.3, -0.25) is 4.79 Å². The SMILES string of the molecule is CC(=O)O[C@H]1C[C@]2(C)CO[C@](C)(C1)[C@@H]2CO. The normalized spacial score (nSPS) is 46.8. The lowest BCUT2D eigenvalue weighted by Crippen LogP contribution is -2.49. The molecule has 4 atom stereocenters. The Morgan fingerprint density at radius 2 is 2.19 bits per heavy atom. The Labute approximate surface area is 95.9 Å². The van der Waals surface area contributed by atoms with Crippen molar-refractivity contribution in [2.75, 3.05) is 13.2 Å². The van der Waals surface area contributed by atoms with Crippen LogP contribution in [0, 0.1) is 11.3 Å². The molecule has 1 saturated carbocycles. The van der Waals surface area contributed by atoms with Crippen molar-refractivity contribution in [3.63, 3.8) is 0 Å². The van der Waals surface area contributed by atoms with E-state index in [1.165, 1.54) is 6.92 Å². The molecule has 0 unspecified atom stereocenters. The molecule has 16 heavy (non-hydrogen) atoms. The smallest absolute Gasteiger partial charge is 0.302 e. The van der Waals surface area contributed by atoms with Crippen molar-refractivity contribution in [1.82, 2.24) is 0 Å². The van der Waals surface area contributed by atoms with Crippen molar-refractivity contribution >= 4 is 5.97 Å². The molecule has 4 nitrogen and oxygen atoms in total. The Hall–Kier alpha value is -0.610. The number of aliphatic hydroxyl groups is 1. The molecular weight excluding hydrogens is 208 g/mol. The number of fused-ring (bicyclic) bond motifs is 2. The molecule has 1 aliphatic carbocycles. The van der Waals surface area contributed by atoms with Gasteiger partial charge in [0, 0.05) is 31.3 Å². The van der Waals surface area contributed by atoms with Crippen LogP contribution in [0.1, 0.15) is 33.6 Å². The van der Waals surface area contributed by atoms with Crippen LogP contribution in [0.15, 0.2) is 0 Å². The van der Waals surface area contributed by atoms with Gasteiger partial charge in [0.05, 0.1) is 12.2 Å². The maximum Gasteiger partial charge on any atom is 0.302 e. The number of carbonyl (C=O) groups is 1. The summed E-state index contributed by atoms with van der Waals surface area (Å²) in [5.41, 5.74) is -0.413. The first-order valence-corrected chi connectivity index (χ1v) is 5.82. The van der Waals surface area contributed by atoms with Crippen LogP contribution in [0.5, 0.6) is 0 Å². The fourth-order valence-corrected chi connectivity index (χ4v) is 3.45. The zero-order valence-electron chi connectivity index (χ0n) is 10.2. The van der Waals surface area contributed by atoms with Crippen LogP contribution in [0.3, 0.4) is 0 Å². The van der Waals surface area contributed by atoms with E-state index in [1.807, 2.05) is 6.92 Å². The first-order chi connectivity index (χ1) is 7.39. The highest BCUT2D eigenvalue weighted by Gasteiger charge is 2.58. The van der Waals surface area contributed by atoms with Crippen LogP contribution in [0.4, 0.5) is 0 Å². The molecule has 0 aromatic heterocycles. The number of hydrogen-bond acceptors (Lipinski definition) is 4. The third-order valence-corrected chi connectivity index (χ3v) is 4.15. The molecule has 2 rings (SSSR count). The molecule has 92 valence electrons. The van der Waals surface area contributed by atoms with E-state index >= 15 is 0 Å². The maximum absolute atomic E-state index is 11.0. The molecule has 0 spiro atoms. The van der Waals surface area contributed by atoms with Gasteiger partial charge in [-0.05, 0) is 13.3 Å². The molecule has 1 saturated heterocycles. The van der Waals surface area contributed by atoms with Gasteiger partial charge in [-0.25, -0.2) is 0 Å². The Morgan fingerprint density at radius 3 is 2.69 bits per heavy atom. The summed E-state index contributed by atoms with van der Waals surface area (Å²) in [4.78, 5) is 11.0. The van der Waals surface area contributed by atoms with Gasteiger partial charge in [-0.15, -0.1) is 0 Å². The lowest BCUT2D eigenvalue weighted by molar-refractivity contribution is -0.155. The van der Waals surface area contributed by atoms with Gasteiger partial charge < -0.3 is 14.6 Å². The molecule has 0 aromatic carbocycles. The van der Waals surface area contributed by atoms with Crippen LogP contribution in [0.2, 0.25) is 0 Å². The quantitative estimate of drug-likeness (QED) is 0.719. The van der Waals surface area contributed by atoms with E-state index < -0.39 is 0 Å². The summed E-state index contributed by atoms with van der Waals surface area (Å²) in [5, 5.41) is 9.48. The molecule has 1 N–H and O–H groups in total. The fourth-order valence-electron chi connectivity index (χ4n) is 3.45. The van der Waals surface area contributed by atoms with Gasteiger partial charge in [-0.2, -0.15) is 0 Å². The Balaban J connectivity index is 2.17. The number of esters is 1. The predicted molar refractivity (Wildman–Crippen MR) is 57.8 cm³/mol. The van der Waals surface area contributed by atoms with Crippen molar-refractivity contribution in [1.29, 1.82) is 0 Å². The summed E-state index contributed by atoms with van der Waals surface area (Å²) in [5.74, 6) is -0.0918. The molecule has 4 heteroatoms. The standard InChI is InChI=1S/C12H20O4/c1-8(14)16-9-4-11(2)7-15-12(3,5-9)10(11)6-13/h9-10,13H,4-7H2,1-3H3/t9-,10+,11+,12+/m0/s1. The number of rotatable bonds is 2. The Morgan fingerprint density at radius 1 is 1.50 bits per heavy atom. The van der Waals surface area contributed by atoms with Crippen LogP contribution >= 0.6 is 0 Å². The Bertz CT molecular complexity index is 283. The highest BCUT2D eigenvalue weighted by Crippen LogP contribution is 2.54. The van der Waals surface area contributed by atoms with Crippen LogP contribution in [0.25, 0.3) is 0 Å². The second-order valence-corrected chi connectivity index (χ2v) is 5.63. The monoisotopic (exact) mass is 228 g/mol. The summed E-state index contributed by atoms with van der Waals surface area (Å²) in [6, 6.07) is 0. The highest BCUT2D eigenvalue weighted by atomic mass is 16.6. The van der Waals surface area contributed by atoms with E-state index in [1.54, 1.807) is 0 Å². The minimum absolute atomic E-state index is 0.0676. The molecule has 1 aliphatic heterocycles. The van der Waals surface area contributed by atoms with Gasteiger partial charge >= 0.3 is 5.97 Å². The van der Waals surface area contributed by atoms with E-state index in [2.05, 4.69) is 6.92 Å². The summed E-state index contributed by atoms with van der Waals surface area (Å²) in [6.45, 7) is 6.33. The van der Waals surface area contributed by atoms with Gasteiger partial charge in [0.2, 0.25) is 0 Å². The van der Waals surface area contributed by atoms with Crippen molar-refractivity contribution in [2.24, 2.45) is 11.3 Å². The summed E-state index contributed by atoms with van der Waals surface area (Å²) >= 11 is 0. The second kappa shape index (κ2) is 3.70. The molecule has 1 heterocycles. The molecule has 0 radical (unpaired) electrons. The lowest BCUT2D eigenvalue weighted by atomic mass is 9.63. The number of hydrogen-bond donors (Lipinski definition) is 1. The van der Waals surface area contributed by atoms with Crippen molar-refractivity contribution < 1.29 is 19.4 Å². The molecule has 2 bridgehead atoms. The Kier molecular flexibility index (Phi) is 2.75. The van der Waals surface area contributed by atoms with Crippen molar-refractivity contribution in [2.45, 2.75) is 45.3 Å². The highest BCUT2D eigenvalue weighted by molar-refractivity contribution is 5.66. The predicted octanol–water partition coefficient (Wildman–Crippen LogP) is 1.12. The minimum Gasteiger partial charge on any atom is -0.462 e. The fraction of sp³-hybridized carbons (Fsp3) is 0.917. The van der Waals surface area contributed by atoms with Crippen molar-refractivity contribution in [3.05, 3.63) is 0 Å². The van der Waals surface area contributed by atoms with Gasteiger partial charge in [0.1, 0.15) is 6.10 Å². The topological polar surface area (TPSA) is 55.8 Å². The molecular formula is C12H20O4. The van der Waals surface area contributed by atoms with E-state index in [4.69, 9.17) is 9.47 Å².